The number of hydrogen-bond acceptors (Lipinski definition) is 5. The van der Waals surface area contributed by atoms with Gasteiger partial charge >= 0.3 is 0 Å². The Bertz CT molecular complexity index is 2090. The largest absolute Gasteiger partial charge is 0.399 e. The van der Waals surface area contributed by atoms with Gasteiger partial charge in [-0.15, -0.1) is 0 Å². The van der Waals surface area contributed by atoms with Gasteiger partial charge in [0.05, 0.1) is 11.4 Å². The first-order chi connectivity index (χ1) is 23.1. The van der Waals surface area contributed by atoms with Gasteiger partial charge < -0.3 is 16.4 Å². The van der Waals surface area contributed by atoms with Crippen LogP contribution in [0.1, 0.15) is 0 Å². The third-order valence-electron chi connectivity index (χ3n) is 8.35. The van der Waals surface area contributed by atoms with Crippen LogP contribution in [0.25, 0.3) is 67.3 Å². The summed E-state index contributed by atoms with van der Waals surface area (Å²) in [6, 6.07) is 52.3. The Morgan fingerprint density at radius 2 is 0.745 bits per heavy atom. The molecule has 6 aromatic carbocycles. The van der Waals surface area contributed by atoms with Crippen molar-refractivity contribution in [3.8, 4) is 67.3 Å². The maximum absolute atomic E-state index is 6.13. The van der Waals surface area contributed by atoms with Gasteiger partial charge in [-0.3, -0.25) is 0 Å². The molecule has 7 aromatic rings. The average Bonchev–Trinajstić information content (AvgIpc) is 3.15. The minimum atomic E-state index is 0.668. The fraction of sp³-hybridized carbons (Fsp3) is 0.0476. The van der Waals surface area contributed by atoms with Crippen molar-refractivity contribution in [3.63, 3.8) is 0 Å². The number of nitrogens with two attached hydrogens (primary N) is 1. The molecule has 0 aliphatic heterocycles. The van der Waals surface area contributed by atoms with Crippen LogP contribution in [0.5, 0.6) is 0 Å². The summed E-state index contributed by atoms with van der Waals surface area (Å²) in [5.41, 5.74) is 20.3. The van der Waals surface area contributed by atoms with Crippen molar-refractivity contribution in [2.45, 2.75) is 0 Å². The number of benzene rings is 6. The van der Waals surface area contributed by atoms with Crippen molar-refractivity contribution in [2.75, 3.05) is 30.5 Å². The van der Waals surface area contributed by atoms with Crippen LogP contribution in [0.2, 0.25) is 0 Å². The van der Waals surface area contributed by atoms with E-state index in [1.165, 1.54) is 0 Å². The van der Waals surface area contributed by atoms with Gasteiger partial charge in [-0.2, -0.15) is 0 Å². The number of nitrogens with zero attached hydrogens (tertiary/aromatic N) is 2. The molecule has 0 amide bonds. The third kappa shape index (κ3) is 6.46. The number of anilines is 3. The highest BCUT2D eigenvalue weighted by atomic mass is 14.9. The second-order valence-corrected chi connectivity index (χ2v) is 11.5. The Morgan fingerprint density at radius 3 is 1.21 bits per heavy atom. The van der Waals surface area contributed by atoms with Crippen molar-refractivity contribution in [1.29, 1.82) is 0 Å². The summed E-state index contributed by atoms with van der Waals surface area (Å²) in [6.45, 7) is 0. The molecule has 0 unspecified atom stereocenters. The minimum Gasteiger partial charge on any atom is -0.399 e. The first-order valence-corrected chi connectivity index (χ1v) is 15.7. The highest BCUT2D eigenvalue weighted by Crippen LogP contribution is 2.34. The highest BCUT2D eigenvalue weighted by Gasteiger charge is 2.13. The number of rotatable bonds is 8. The van der Waals surface area contributed by atoms with Crippen LogP contribution in [0.15, 0.2) is 152 Å². The molecule has 1 heterocycles. The van der Waals surface area contributed by atoms with E-state index >= 15 is 0 Å². The zero-order valence-electron chi connectivity index (χ0n) is 26.4. The Balaban J connectivity index is 1.37. The molecule has 1 aromatic heterocycles. The van der Waals surface area contributed by atoms with E-state index in [0.29, 0.717) is 5.82 Å². The topological polar surface area (TPSA) is 75.9 Å². The number of aromatic nitrogens is 2. The summed E-state index contributed by atoms with van der Waals surface area (Å²) in [6.07, 6.45) is 0. The van der Waals surface area contributed by atoms with Crippen LogP contribution in [0.4, 0.5) is 17.1 Å². The molecule has 4 N–H and O–H groups in total. The van der Waals surface area contributed by atoms with Crippen LogP contribution in [0, 0.1) is 0 Å². The molecule has 0 bridgehead atoms. The fourth-order valence-corrected chi connectivity index (χ4v) is 5.85. The highest BCUT2D eigenvalue weighted by molar-refractivity contribution is 5.80. The third-order valence-corrected chi connectivity index (χ3v) is 8.35. The molecule has 7 rings (SSSR count). The molecule has 228 valence electrons. The van der Waals surface area contributed by atoms with Gasteiger partial charge in [-0.05, 0) is 94.0 Å². The summed E-state index contributed by atoms with van der Waals surface area (Å²) in [7, 11) is 3.87. The van der Waals surface area contributed by atoms with Crippen LogP contribution < -0.4 is 16.4 Å². The molecule has 0 aliphatic rings. The van der Waals surface area contributed by atoms with Gasteiger partial charge in [-0.25, -0.2) is 9.97 Å². The summed E-state index contributed by atoms with van der Waals surface area (Å²) < 4.78 is 0. The molecule has 5 nitrogen and oxygen atoms in total. The van der Waals surface area contributed by atoms with Crippen molar-refractivity contribution in [2.24, 2.45) is 0 Å². The summed E-state index contributed by atoms with van der Waals surface area (Å²) in [4.78, 5) is 10.3. The summed E-state index contributed by atoms with van der Waals surface area (Å²) >= 11 is 0. The molecule has 0 saturated heterocycles. The molecule has 47 heavy (non-hydrogen) atoms. The SMILES string of the molecule is CNc1cccc(-c2cccc(-c3cc(-c4cccc(-c5cccc(N)c5)c4)nc(-c4cccc(-c5cccc(NC)c5)c4)n3)c2)c1. The molecule has 0 fully saturated rings. The monoisotopic (exact) mass is 609 g/mol. The lowest BCUT2D eigenvalue weighted by molar-refractivity contribution is 1.18. The zero-order chi connectivity index (χ0) is 32.2. The molecule has 0 spiro atoms. The molecular weight excluding hydrogens is 574 g/mol. The van der Waals surface area contributed by atoms with E-state index in [4.69, 9.17) is 15.7 Å². The van der Waals surface area contributed by atoms with E-state index in [9.17, 15) is 0 Å². The smallest absolute Gasteiger partial charge is 0.160 e. The van der Waals surface area contributed by atoms with E-state index in [0.717, 1.165) is 78.5 Å². The Labute approximate surface area is 275 Å². The van der Waals surface area contributed by atoms with Crippen molar-refractivity contribution in [1.82, 2.24) is 9.97 Å². The Kier molecular flexibility index (Phi) is 8.18. The van der Waals surface area contributed by atoms with Gasteiger partial charge in [0.2, 0.25) is 0 Å². The lowest BCUT2D eigenvalue weighted by Crippen LogP contribution is -1.97. The standard InChI is InChI=1S/C42H35N5/c1-44-38-19-7-13-32(25-38)29-10-4-16-35(22-29)41-27-40(34-15-3-9-28(21-34)31-12-6-18-37(43)24-31)46-42(47-41)36-17-5-11-30(23-36)33-14-8-20-39(26-33)45-2/h3-27,44-45H,43H2,1-2H3. The Morgan fingerprint density at radius 1 is 0.383 bits per heavy atom. The predicted molar refractivity (Wildman–Crippen MR) is 198 cm³/mol. The fourth-order valence-electron chi connectivity index (χ4n) is 5.85. The number of nitrogens with one attached hydrogen (secondary N) is 2. The molecule has 0 radical (unpaired) electrons. The van der Waals surface area contributed by atoms with E-state index in [1.807, 2.05) is 32.3 Å². The lowest BCUT2D eigenvalue weighted by atomic mass is 9.98. The maximum atomic E-state index is 6.13. The van der Waals surface area contributed by atoms with E-state index in [-0.39, 0.29) is 0 Å². The van der Waals surface area contributed by atoms with Gasteiger partial charge in [0.15, 0.2) is 5.82 Å². The first kappa shape index (κ1) is 29.5. The lowest BCUT2D eigenvalue weighted by Gasteiger charge is -2.13. The minimum absolute atomic E-state index is 0.668. The van der Waals surface area contributed by atoms with E-state index < -0.39 is 0 Å². The van der Waals surface area contributed by atoms with Crippen LogP contribution in [-0.4, -0.2) is 24.1 Å². The summed E-state index contributed by atoms with van der Waals surface area (Å²) in [5, 5.41) is 6.49. The molecular formula is C42H35N5. The molecule has 0 atom stereocenters. The second kappa shape index (κ2) is 13.0. The van der Waals surface area contributed by atoms with Gasteiger partial charge in [-0.1, -0.05) is 91.0 Å². The quantitative estimate of drug-likeness (QED) is 0.150. The second-order valence-electron chi connectivity index (χ2n) is 11.5. The van der Waals surface area contributed by atoms with Crippen molar-refractivity contribution in [3.05, 3.63) is 152 Å². The van der Waals surface area contributed by atoms with Crippen LogP contribution in [0.3, 0.4) is 0 Å². The molecule has 5 heteroatoms. The van der Waals surface area contributed by atoms with Gasteiger partial charge in [0.1, 0.15) is 0 Å². The maximum Gasteiger partial charge on any atom is 0.160 e. The van der Waals surface area contributed by atoms with E-state index in [1.54, 1.807) is 0 Å². The van der Waals surface area contributed by atoms with E-state index in [2.05, 4.69) is 144 Å². The van der Waals surface area contributed by atoms with Gasteiger partial charge in [0.25, 0.3) is 0 Å². The van der Waals surface area contributed by atoms with Crippen molar-refractivity contribution < 1.29 is 0 Å². The first-order valence-electron chi connectivity index (χ1n) is 15.7. The zero-order valence-corrected chi connectivity index (χ0v) is 26.4. The van der Waals surface area contributed by atoms with Gasteiger partial charge in [0, 0.05) is 47.8 Å². The van der Waals surface area contributed by atoms with Crippen LogP contribution in [-0.2, 0) is 0 Å². The normalized spacial score (nSPS) is 10.9. The van der Waals surface area contributed by atoms with Crippen LogP contribution >= 0.6 is 0 Å². The summed E-state index contributed by atoms with van der Waals surface area (Å²) in [5.74, 6) is 0.668. The number of nitrogen functional groups attached to an aromatic ring is 1. The average molecular weight is 610 g/mol. The molecule has 0 saturated carbocycles. The molecule has 0 aliphatic carbocycles. The Hall–Kier alpha value is -6.20. The predicted octanol–water partition coefficient (Wildman–Crippen LogP) is 10.1. The van der Waals surface area contributed by atoms with Crippen molar-refractivity contribution >= 4 is 17.1 Å². The number of hydrogen-bond donors (Lipinski definition) is 3.